The van der Waals surface area contributed by atoms with E-state index in [1.165, 1.54) is 13.0 Å². The average molecular weight is 216 g/mol. The Labute approximate surface area is 92.9 Å². The molecule has 0 aliphatic carbocycles. The Morgan fingerprint density at radius 2 is 2.20 bits per heavy atom. The molecule has 0 saturated carbocycles. The average Bonchev–Trinajstić information content (AvgIpc) is 2.43. The molecule has 1 aliphatic heterocycles. The number of methoxy groups -OCH3 is 1. The first-order chi connectivity index (χ1) is 7.33. The minimum Gasteiger partial charge on any atom is -0.382 e. The van der Waals surface area contributed by atoms with Crippen molar-refractivity contribution in [3.05, 3.63) is 0 Å². The molecule has 0 aromatic heterocycles. The van der Waals surface area contributed by atoms with Gasteiger partial charge >= 0.3 is 0 Å². The van der Waals surface area contributed by atoms with Crippen LogP contribution in [0.25, 0.3) is 0 Å². The van der Waals surface area contributed by atoms with E-state index >= 15 is 0 Å². The van der Waals surface area contributed by atoms with Crippen molar-refractivity contribution in [3.63, 3.8) is 0 Å². The van der Waals surface area contributed by atoms with Crippen LogP contribution in [-0.4, -0.2) is 64.1 Å². The van der Waals surface area contributed by atoms with Crippen LogP contribution < -0.4 is 5.32 Å². The smallest absolute Gasteiger partial charge is 0.0700 e. The Bertz CT molecular complexity index is 156. The van der Waals surface area contributed by atoms with E-state index in [1.807, 2.05) is 0 Å². The van der Waals surface area contributed by atoms with Crippen LogP contribution in [0.4, 0.5) is 0 Å². The van der Waals surface area contributed by atoms with Crippen molar-refractivity contribution in [2.24, 2.45) is 0 Å². The summed E-state index contributed by atoms with van der Waals surface area (Å²) < 4.78 is 10.4. The summed E-state index contributed by atoms with van der Waals surface area (Å²) in [6.45, 7) is 8.95. The topological polar surface area (TPSA) is 33.7 Å². The van der Waals surface area contributed by atoms with E-state index in [9.17, 15) is 0 Å². The van der Waals surface area contributed by atoms with Gasteiger partial charge in [-0.2, -0.15) is 0 Å². The molecule has 1 fully saturated rings. The minimum atomic E-state index is 0.603. The van der Waals surface area contributed by atoms with E-state index in [1.54, 1.807) is 7.11 Å². The summed E-state index contributed by atoms with van der Waals surface area (Å²) in [4.78, 5) is 2.47. The maximum atomic E-state index is 5.47. The highest BCUT2D eigenvalue weighted by molar-refractivity contribution is 4.72. The molecule has 1 heterocycles. The lowest BCUT2D eigenvalue weighted by atomic mass is 10.3. The lowest BCUT2D eigenvalue weighted by Crippen LogP contribution is -2.37. The van der Waals surface area contributed by atoms with Gasteiger partial charge in [0.05, 0.1) is 19.8 Å². The summed E-state index contributed by atoms with van der Waals surface area (Å²) in [5.74, 6) is 0. The summed E-state index contributed by atoms with van der Waals surface area (Å²) in [6, 6.07) is 0.603. The molecule has 4 heteroatoms. The summed E-state index contributed by atoms with van der Waals surface area (Å²) in [6.07, 6.45) is 1.24. The molecular formula is C11H24N2O2. The summed E-state index contributed by atoms with van der Waals surface area (Å²) in [5.41, 5.74) is 0. The summed E-state index contributed by atoms with van der Waals surface area (Å²) in [7, 11) is 1.70. The first-order valence-electron chi connectivity index (χ1n) is 5.85. The Morgan fingerprint density at radius 1 is 1.33 bits per heavy atom. The maximum absolute atomic E-state index is 5.47. The number of hydrogen-bond acceptors (Lipinski definition) is 4. The molecule has 1 saturated heterocycles. The molecule has 1 rings (SSSR count). The van der Waals surface area contributed by atoms with Crippen LogP contribution >= 0.6 is 0 Å². The zero-order chi connectivity index (χ0) is 10.9. The van der Waals surface area contributed by atoms with Crippen molar-refractivity contribution < 1.29 is 9.47 Å². The second kappa shape index (κ2) is 8.05. The molecule has 0 amide bonds. The fourth-order valence-electron chi connectivity index (χ4n) is 1.84. The SMILES string of the molecule is COCCOCCN1CCCNC(C)C1. The molecule has 90 valence electrons. The Morgan fingerprint density at radius 3 is 3.00 bits per heavy atom. The van der Waals surface area contributed by atoms with Gasteiger partial charge in [-0.3, -0.25) is 4.90 Å². The third-order valence-electron chi connectivity index (χ3n) is 2.66. The minimum absolute atomic E-state index is 0.603. The first-order valence-corrected chi connectivity index (χ1v) is 5.85. The fraction of sp³-hybridized carbons (Fsp3) is 1.00. The molecule has 1 aliphatic rings. The number of rotatable bonds is 6. The van der Waals surface area contributed by atoms with E-state index < -0.39 is 0 Å². The molecule has 15 heavy (non-hydrogen) atoms. The monoisotopic (exact) mass is 216 g/mol. The summed E-state index contributed by atoms with van der Waals surface area (Å²) in [5, 5.41) is 3.48. The third-order valence-corrected chi connectivity index (χ3v) is 2.66. The van der Waals surface area contributed by atoms with Crippen molar-refractivity contribution in [1.29, 1.82) is 0 Å². The molecule has 0 spiro atoms. The largest absolute Gasteiger partial charge is 0.382 e. The fourth-order valence-corrected chi connectivity index (χ4v) is 1.84. The molecule has 1 unspecified atom stereocenters. The highest BCUT2D eigenvalue weighted by Gasteiger charge is 2.12. The maximum Gasteiger partial charge on any atom is 0.0700 e. The normalized spacial score (nSPS) is 24.0. The molecule has 0 radical (unpaired) electrons. The van der Waals surface area contributed by atoms with Gasteiger partial charge in [-0.1, -0.05) is 0 Å². The number of hydrogen-bond donors (Lipinski definition) is 1. The van der Waals surface area contributed by atoms with Crippen LogP contribution in [0.2, 0.25) is 0 Å². The van der Waals surface area contributed by atoms with E-state index in [0.717, 1.165) is 26.2 Å². The predicted molar refractivity (Wildman–Crippen MR) is 61.2 cm³/mol. The van der Waals surface area contributed by atoms with Gasteiger partial charge in [-0.05, 0) is 26.4 Å². The number of nitrogens with zero attached hydrogens (tertiary/aromatic N) is 1. The van der Waals surface area contributed by atoms with Crippen molar-refractivity contribution in [2.45, 2.75) is 19.4 Å². The second-order valence-corrected chi connectivity index (χ2v) is 4.11. The van der Waals surface area contributed by atoms with E-state index in [2.05, 4.69) is 17.1 Å². The van der Waals surface area contributed by atoms with Crippen LogP contribution in [-0.2, 0) is 9.47 Å². The van der Waals surface area contributed by atoms with Crippen molar-refractivity contribution >= 4 is 0 Å². The van der Waals surface area contributed by atoms with Crippen molar-refractivity contribution in [3.8, 4) is 0 Å². The third kappa shape index (κ3) is 6.10. The van der Waals surface area contributed by atoms with Gasteiger partial charge in [0, 0.05) is 26.2 Å². The van der Waals surface area contributed by atoms with Crippen LogP contribution in [0.3, 0.4) is 0 Å². The zero-order valence-corrected chi connectivity index (χ0v) is 10.00. The van der Waals surface area contributed by atoms with Crippen LogP contribution in [0.5, 0.6) is 0 Å². The first kappa shape index (κ1) is 12.9. The van der Waals surface area contributed by atoms with Gasteiger partial charge < -0.3 is 14.8 Å². The van der Waals surface area contributed by atoms with E-state index in [0.29, 0.717) is 19.3 Å². The second-order valence-electron chi connectivity index (χ2n) is 4.11. The Hall–Kier alpha value is -0.160. The highest BCUT2D eigenvalue weighted by atomic mass is 16.5. The van der Waals surface area contributed by atoms with Crippen LogP contribution in [0.15, 0.2) is 0 Å². The highest BCUT2D eigenvalue weighted by Crippen LogP contribution is 1.99. The Balaban J connectivity index is 2.03. The molecule has 1 atom stereocenters. The van der Waals surface area contributed by atoms with Gasteiger partial charge in [-0.15, -0.1) is 0 Å². The molecule has 0 aromatic carbocycles. The quantitative estimate of drug-likeness (QED) is 0.649. The van der Waals surface area contributed by atoms with Gasteiger partial charge in [0.15, 0.2) is 0 Å². The molecule has 0 bridgehead atoms. The zero-order valence-electron chi connectivity index (χ0n) is 10.00. The van der Waals surface area contributed by atoms with Gasteiger partial charge in [0.1, 0.15) is 0 Å². The molecule has 1 N–H and O–H groups in total. The predicted octanol–water partition coefficient (Wildman–Crippen LogP) is 0.333. The lowest BCUT2D eigenvalue weighted by molar-refractivity contribution is 0.0571. The lowest BCUT2D eigenvalue weighted by Gasteiger charge is -2.21. The van der Waals surface area contributed by atoms with E-state index in [4.69, 9.17) is 9.47 Å². The van der Waals surface area contributed by atoms with Crippen LogP contribution in [0.1, 0.15) is 13.3 Å². The number of ether oxygens (including phenoxy) is 2. The van der Waals surface area contributed by atoms with Gasteiger partial charge in [-0.25, -0.2) is 0 Å². The molecule has 4 nitrogen and oxygen atoms in total. The Kier molecular flexibility index (Phi) is 6.92. The van der Waals surface area contributed by atoms with Gasteiger partial charge in [0.2, 0.25) is 0 Å². The van der Waals surface area contributed by atoms with Crippen molar-refractivity contribution in [2.75, 3.05) is 53.1 Å². The van der Waals surface area contributed by atoms with Crippen molar-refractivity contribution in [1.82, 2.24) is 10.2 Å². The number of nitrogens with one attached hydrogen (secondary N) is 1. The van der Waals surface area contributed by atoms with Crippen LogP contribution in [0, 0.1) is 0 Å². The van der Waals surface area contributed by atoms with E-state index in [-0.39, 0.29) is 0 Å². The standard InChI is InChI=1S/C11H24N2O2/c1-11-10-13(5-3-4-12-11)6-7-15-9-8-14-2/h11-12H,3-10H2,1-2H3. The van der Waals surface area contributed by atoms with Gasteiger partial charge in [0.25, 0.3) is 0 Å². The molecular weight excluding hydrogens is 192 g/mol. The molecule has 0 aromatic rings. The summed E-state index contributed by atoms with van der Waals surface area (Å²) >= 11 is 0.